The Balaban J connectivity index is 1.52. The summed E-state index contributed by atoms with van der Waals surface area (Å²) in [5, 5.41) is 11.1. The summed E-state index contributed by atoms with van der Waals surface area (Å²) in [6, 6.07) is 13.9. The van der Waals surface area contributed by atoms with Crippen molar-refractivity contribution < 1.29 is 29.0 Å². The first-order chi connectivity index (χ1) is 19.1. The number of alkyl halides is 3. The molecule has 0 bridgehead atoms. The summed E-state index contributed by atoms with van der Waals surface area (Å²) in [6.07, 6.45) is 1.95. The fourth-order valence-corrected chi connectivity index (χ4v) is 8.47. The molecule has 2 aromatic carbocycles. The molecule has 0 spiro atoms. The summed E-state index contributed by atoms with van der Waals surface area (Å²) >= 11 is 17.6. The maximum Gasteiger partial charge on any atom is 0.254 e. The molecule has 4 amide bonds. The van der Waals surface area contributed by atoms with Gasteiger partial charge in [0.2, 0.25) is 11.8 Å². The minimum Gasteiger partial charge on any atom is -0.508 e. The highest BCUT2D eigenvalue weighted by Crippen LogP contribution is 2.67. The fourth-order valence-electron chi connectivity index (χ4n) is 7.06. The third kappa shape index (κ3) is 3.50. The molecule has 6 atom stereocenters. The molecular formula is C29H25BrCl2N2O6. The first kappa shape index (κ1) is 27.3. The van der Waals surface area contributed by atoms with Crippen LogP contribution in [0.3, 0.4) is 0 Å². The minimum absolute atomic E-state index is 0.121. The summed E-state index contributed by atoms with van der Waals surface area (Å²) in [5.74, 6) is -5.19. The summed E-state index contributed by atoms with van der Waals surface area (Å²) in [4.78, 5) is 53.3. The van der Waals surface area contributed by atoms with Crippen molar-refractivity contribution in [1.29, 1.82) is 0 Å². The van der Waals surface area contributed by atoms with Crippen molar-refractivity contribution in [3.63, 3.8) is 0 Å². The maximum atomic E-state index is 13.9. The van der Waals surface area contributed by atoms with Gasteiger partial charge in [-0.15, -0.1) is 23.2 Å². The van der Waals surface area contributed by atoms with Crippen LogP contribution in [0.2, 0.25) is 0 Å². The summed E-state index contributed by atoms with van der Waals surface area (Å²) in [6.45, 7) is 0.129. The Kier molecular flexibility index (Phi) is 6.55. The molecule has 8 nitrogen and oxygen atoms in total. The van der Waals surface area contributed by atoms with Crippen molar-refractivity contribution in [3.05, 3.63) is 71.3 Å². The van der Waals surface area contributed by atoms with Crippen molar-refractivity contribution in [2.24, 2.45) is 17.8 Å². The number of ether oxygens (including phenoxy) is 1. The Morgan fingerprint density at radius 2 is 1.70 bits per heavy atom. The molecule has 2 heterocycles. The second-order valence-corrected chi connectivity index (χ2v) is 12.4. The maximum absolute atomic E-state index is 13.9. The molecule has 1 N–H and O–H groups in total. The Morgan fingerprint density at radius 1 is 0.975 bits per heavy atom. The lowest BCUT2D eigenvalue weighted by Crippen LogP contribution is -2.60. The van der Waals surface area contributed by atoms with E-state index in [1.807, 2.05) is 36.4 Å². The number of benzene rings is 2. The van der Waals surface area contributed by atoms with E-state index in [4.69, 9.17) is 27.9 Å². The van der Waals surface area contributed by atoms with E-state index >= 15 is 0 Å². The van der Waals surface area contributed by atoms with Crippen molar-refractivity contribution in [2.75, 3.05) is 12.6 Å². The van der Waals surface area contributed by atoms with Crippen LogP contribution in [-0.4, -0.2) is 60.8 Å². The van der Waals surface area contributed by atoms with E-state index in [9.17, 15) is 24.3 Å². The van der Waals surface area contributed by atoms with Crippen LogP contribution in [-0.2, 0) is 25.7 Å². The van der Waals surface area contributed by atoms with Gasteiger partial charge in [-0.05, 0) is 36.5 Å². The van der Waals surface area contributed by atoms with Gasteiger partial charge >= 0.3 is 0 Å². The summed E-state index contributed by atoms with van der Waals surface area (Å²) in [7, 11) is 1.42. The number of halogens is 3. The highest BCUT2D eigenvalue weighted by molar-refractivity contribution is 9.09. The normalized spacial score (nSPS) is 33.0. The highest BCUT2D eigenvalue weighted by atomic mass is 79.9. The zero-order valence-corrected chi connectivity index (χ0v) is 24.4. The van der Waals surface area contributed by atoms with Crippen molar-refractivity contribution in [2.45, 2.75) is 35.1 Å². The molecule has 11 heteroatoms. The summed E-state index contributed by atoms with van der Waals surface area (Å²) in [5.41, 5.74) is 1.48. The SMILES string of the molecule is COc1cccc(O)c1[C@H]1C2=CC[C@@H]3C(=O)N(Cc4ccccc4)C(=O)[C@@H]3[C@@H]2C[C@@]2(Cl)C(=O)N(CBr)C(=O)[C@@]12Cl. The van der Waals surface area contributed by atoms with Gasteiger partial charge in [0.1, 0.15) is 11.5 Å². The van der Waals surface area contributed by atoms with Gasteiger partial charge in [-0.3, -0.25) is 29.0 Å². The molecule has 0 radical (unpaired) electrons. The largest absolute Gasteiger partial charge is 0.508 e. The van der Waals surface area contributed by atoms with Crippen LogP contribution in [0.25, 0.3) is 0 Å². The lowest BCUT2D eigenvalue weighted by molar-refractivity contribution is -0.141. The number of hydrogen-bond acceptors (Lipinski definition) is 6. The van der Waals surface area contributed by atoms with E-state index in [0.717, 1.165) is 10.5 Å². The number of hydrogen-bond donors (Lipinski definition) is 1. The zero-order valence-electron chi connectivity index (χ0n) is 21.4. The molecule has 0 unspecified atom stereocenters. The number of phenolic OH excluding ortho intramolecular Hbond substituents is 1. The van der Waals surface area contributed by atoms with Gasteiger partial charge in [0.25, 0.3) is 11.8 Å². The van der Waals surface area contributed by atoms with Crippen LogP contribution < -0.4 is 4.74 Å². The van der Waals surface area contributed by atoms with Gasteiger partial charge < -0.3 is 9.84 Å². The second-order valence-electron chi connectivity index (χ2n) is 10.6. The van der Waals surface area contributed by atoms with Gasteiger partial charge in [-0.1, -0.05) is 64.0 Å². The molecule has 3 fully saturated rings. The molecule has 0 aromatic heterocycles. The lowest BCUT2D eigenvalue weighted by Gasteiger charge is -2.51. The first-order valence-corrected chi connectivity index (χ1v) is 14.7. The van der Waals surface area contributed by atoms with E-state index in [1.165, 1.54) is 18.1 Å². The molecular weight excluding hydrogens is 623 g/mol. The number of carbonyl (C=O) groups is 4. The molecule has 2 aromatic rings. The molecule has 208 valence electrons. The van der Waals surface area contributed by atoms with E-state index < -0.39 is 45.2 Å². The number of aromatic hydroxyl groups is 1. The van der Waals surface area contributed by atoms with E-state index in [-0.39, 0.29) is 53.7 Å². The Bertz CT molecular complexity index is 1480. The van der Waals surface area contributed by atoms with Gasteiger partial charge in [-0.2, -0.15) is 0 Å². The number of rotatable bonds is 5. The van der Waals surface area contributed by atoms with Gasteiger partial charge in [0.15, 0.2) is 9.75 Å². The van der Waals surface area contributed by atoms with E-state index in [1.54, 1.807) is 12.1 Å². The predicted octanol–water partition coefficient (Wildman–Crippen LogP) is 4.31. The minimum atomic E-state index is -2.02. The number of allylic oxidation sites excluding steroid dienone is 2. The van der Waals surface area contributed by atoms with Crippen LogP contribution in [0, 0.1) is 17.8 Å². The smallest absolute Gasteiger partial charge is 0.254 e. The lowest BCUT2D eigenvalue weighted by atomic mass is 9.56. The predicted molar refractivity (Wildman–Crippen MR) is 150 cm³/mol. The molecule has 1 saturated carbocycles. The number of phenols is 1. The number of fused-ring (bicyclic) bond motifs is 4. The molecule has 4 aliphatic rings. The van der Waals surface area contributed by atoms with Crippen LogP contribution in [0.15, 0.2) is 60.2 Å². The number of nitrogens with zero attached hydrogens (tertiary/aromatic N) is 2. The first-order valence-electron chi connectivity index (χ1n) is 12.8. The average molecular weight is 648 g/mol. The number of likely N-dealkylation sites (tertiary alicyclic amines) is 2. The molecule has 2 saturated heterocycles. The average Bonchev–Trinajstić information content (AvgIpc) is 3.27. The van der Waals surface area contributed by atoms with Crippen molar-refractivity contribution in [1.82, 2.24) is 9.80 Å². The zero-order chi connectivity index (χ0) is 28.6. The molecule has 2 aliphatic heterocycles. The molecule has 2 aliphatic carbocycles. The van der Waals surface area contributed by atoms with Gasteiger partial charge in [-0.25, -0.2) is 0 Å². The standard InChI is InChI=1S/C29H25BrCl2N2O6/c1-40-20-9-5-8-19(35)22(20)23-16-10-11-17-21(25(37)33(24(17)36)13-15-6-3-2-4-7-15)18(16)12-28(31)26(38)34(14-30)27(39)29(23,28)32/h2-10,17-18,21,23,35H,11-14H2,1H3/t17-,18+,21-,23+,28+,29-/m0/s1. The quantitative estimate of drug-likeness (QED) is 0.225. The Morgan fingerprint density at radius 3 is 2.38 bits per heavy atom. The number of imide groups is 2. The third-order valence-electron chi connectivity index (χ3n) is 8.84. The topological polar surface area (TPSA) is 104 Å². The highest BCUT2D eigenvalue weighted by Gasteiger charge is 2.76. The van der Waals surface area contributed by atoms with E-state index in [0.29, 0.717) is 5.57 Å². The van der Waals surface area contributed by atoms with Crippen LogP contribution in [0.5, 0.6) is 11.5 Å². The van der Waals surface area contributed by atoms with Gasteiger partial charge in [0, 0.05) is 11.5 Å². The van der Waals surface area contributed by atoms with Crippen molar-refractivity contribution >= 4 is 62.8 Å². The van der Waals surface area contributed by atoms with Crippen molar-refractivity contribution in [3.8, 4) is 11.5 Å². The Hall–Kier alpha value is -2.88. The number of carbonyl (C=O) groups excluding carboxylic acids is 4. The molecule has 6 rings (SSSR count). The van der Waals surface area contributed by atoms with E-state index in [2.05, 4.69) is 15.9 Å². The third-order valence-corrected chi connectivity index (χ3v) is 10.8. The second kappa shape index (κ2) is 9.60. The number of amides is 4. The fraction of sp³-hybridized carbons (Fsp3) is 0.379. The summed E-state index contributed by atoms with van der Waals surface area (Å²) < 4.78 is 5.57. The van der Waals surface area contributed by atoms with Crippen LogP contribution in [0.1, 0.15) is 29.9 Å². The van der Waals surface area contributed by atoms with Gasteiger partial charge in [0.05, 0.1) is 30.9 Å². The Labute approximate surface area is 249 Å². The molecule has 40 heavy (non-hydrogen) atoms. The number of methoxy groups -OCH3 is 1. The van der Waals surface area contributed by atoms with Crippen LogP contribution in [0.4, 0.5) is 0 Å². The van der Waals surface area contributed by atoms with Crippen LogP contribution >= 0.6 is 39.1 Å². The monoisotopic (exact) mass is 646 g/mol.